The summed E-state index contributed by atoms with van der Waals surface area (Å²) in [5, 5.41) is 10.3. The molecule has 1 aliphatic rings. The number of carboxylic acids is 1. The molecule has 204 valence electrons. The minimum Gasteiger partial charge on any atom is -0.489 e. The van der Waals surface area contributed by atoms with Gasteiger partial charge < -0.3 is 24.2 Å². The van der Waals surface area contributed by atoms with E-state index in [0.717, 1.165) is 43.6 Å². The number of aliphatic carboxylic acids is 1. The first-order valence-electron chi connectivity index (χ1n) is 13.1. The van der Waals surface area contributed by atoms with Crippen LogP contribution in [0.1, 0.15) is 78.2 Å². The van der Waals surface area contributed by atoms with Gasteiger partial charge in [0.1, 0.15) is 5.75 Å². The average molecular weight is 514 g/mol. The van der Waals surface area contributed by atoms with Crippen LogP contribution in [0.4, 0.5) is 5.69 Å². The van der Waals surface area contributed by atoms with Gasteiger partial charge in [-0.2, -0.15) is 0 Å². The molecular weight excluding hydrogens is 470 g/mol. The number of carboxylic acid groups (broad SMARTS) is 1. The number of aromatic nitrogens is 2. The van der Waals surface area contributed by atoms with E-state index in [-0.39, 0.29) is 11.5 Å². The molecule has 37 heavy (non-hydrogen) atoms. The van der Waals surface area contributed by atoms with Gasteiger partial charge in [0.15, 0.2) is 6.10 Å². The molecule has 1 aliphatic heterocycles. The van der Waals surface area contributed by atoms with E-state index in [1.54, 1.807) is 19.5 Å². The monoisotopic (exact) mass is 513 g/mol. The van der Waals surface area contributed by atoms with Gasteiger partial charge in [-0.3, -0.25) is 9.97 Å². The van der Waals surface area contributed by atoms with Crippen molar-refractivity contribution in [1.29, 1.82) is 0 Å². The molecule has 0 spiro atoms. The number of anilines is 1. The number of nitrogens with zero attached hydrogens (tertiary/aromatic N) is 3. The SMILES string of the molecule is COCCC(C)Oc1ccc(-c2cnc(C)c([C@H](OC(C)(C)C)C(=O)O)c2N2CCC(C)(C)CC2)nc1. The molecule has 0 radical (unpaired) electrons. The van der Waals surface area contributed by atoms with Crippen LogP contribution >= 0.6 is 0 Å². The zero-order valence-corrected chi connectivity index (χ0v) is 23.6. The number of methoxy groups -OCH3 is 1. The van der Waals surface area contributed by atoms with Crippen LogP contribution in [0.2, 0.25) is 0 Å². The predicted molar refractivity (Wildman–Crippen MR) is 145 cm³/mol. The number of rotatable bonds is 10. The average Bonchev–Trinajstić information content (AvgIpc) is 2.81. The summed E-state index contributed by atoms with van der Waals surface area (Å²) in [5.41, 5.74) is 3.18. The van der Waals surface area contributed by atoms with Crippen molar-refractivity contribution in [2.45, 2.75) is 85.5 Å². The molecule has 0 amide bonds. The Morgan fingerprint density at radius 2 is 1.84 bits per heavy atom. The molecule has 2 aromatic heterocycles. The Bertz CT molecular complexity index is 1050. The predicted octanol–water partition coefficient (Wildman–Crippen LogP) is 5.82. The van der Waals surface area contributed by atoms with Crippen molar-refractivity contribution in [3.05, 3.63) is 35.8 Å². The van der Waals surface area contributed by atoms with E-state index in [2.05, 4.69) is 23.7 Å². The van der Waals surface area contributed by atoms with Crippen LogP contribution in [0.5, 0.6) is 5.75 Å². The van der Waals surface area contributed by atoms with E-state index >= 15 is 0 Å². The number of ether oxygens (including phenoxy) is 3. The van der Waals surface area contributed by atoms with Crippen LogP contribution in [0.15, 0.2) is 24.5 Å². The molecular formula is C29H43N3O5. The van der Waals surface area contributed by atoms with E-state index in [4.69, 9.17) is 19.2 Å². The molecule has 1 fully saturated rings. The van der Waals surface area contributed by atoms with E-state index < -0.39 is 17.7 Å². The lowest BCUT2D eigenvalue weighted by molar-refractivity contribution is -0.160. The van der Waals surface area contributed by atoms with Gasteiger partial charge in [0.05, 0.1) is 29.3 Å². The molecule has 3 rings (SSSR count). The lowest BCUT2D eigenvalue weighted by Gasteiger charge is -2.40. The summed E-state index contributed by atoms with van der Waals surface area (Å²) >= 11 is 0. The second-order valence-corrected chi connectivity index (χ2v) is 11.7. The molecule has 0 saturated carbocycles. The third-order valence-corrected chi connectivity index (χ3v) is 6.76. The number of pyridine rings is 2. The Morgan fingerprint density at radius 1 is 1.16 bits per heavy atom. The van der Waals surface area contributed by atoms with Crippen LogP contribution in [0.25, 0.3) is 11.3 Å². The highest BCUT2D eigenvalue weighted by atomic mass is 16.5. The van der Waals surface area contributed by atoms with Gasteiger partial charge in [-0.05, 0) is 65.0 Å². The molecule has 0 bridgehead atoms. The van der Waals surface area contributed by atoms with Gasteiger partial charge in [0.25, 0.3) is 0 Å². The van der Waals surface area contributed by atoms with Gasteiger partial charge in [0.2, 0.25) is 0 Å². The minimum atomic E-state index is -1.15. The van der Waals surface area contributed by atoms with Crippen molar-refractivity contribution in [1.82, 2.24) is 9.97 Å². The van der Waals surface area contributed by atoms with Crippen LogP contribution in [-0.2, 0) is 14.3 Å². The molecule has 8 nitrogen and oxygen atoms in total. The lowest BCUT2D eigenvalue weighted by atomic mass is 9.82. The lowest BCUT2D eigenvalue weighted by Crippen LogP contribution is -2.39. The Balaban J connectivity index is 2.08. The van der Waals surface area contributed by atoms with Crippen LogP contribution in [0, 0.1) is 12.3 Å². The number of aryl methyl sites for hydroxylation is 1. The molecule has 3 heterocycles. The summed E-state index contributed by atoms with van der Waals surface area (Å²) in [6, 6.07) is 3.81. The molecule has 2 aromatic rings. The fraction of sp³-hybridized carbons (Fsp3) is 0.621. The Hall–Kier alpha value is -2.71. The third kappa shape index (κ3) is 7.65. The van der Waals surface area contributed by atoms with Gasteiger partial charge in [-0.1, -0.05) is 13.8 Å². The summed E-state index contributed by atoms with van der Waals surface area (Å²) in [7, 11) is 1.68. The van der Waals surface area contributed by atoms with Crippen LogP contribution in [-0.4, -0.2) is 59.6 Å². The second kappa shape index (κ2) is 11.8. The first kappa shape index (κ1) is 28.9. The minimum absolute atomic E-state index is 0.00150. The van der Waals surface area contributed by atoms with Crippen molar-refractivity contribution < 1.29 is 24.1 Å². The second-order valence-electron chi connectivity index (χ2n) is 11.7. The third-order valence-electron chi connectivity index (χ3n) is 6.76. The first-order chi connectivity index (χ1) is 17.3. The van der Waals surface area contributed by atoms with Crippen molar-refractivity contribution >= 4 is 11.7 Å². The summed E-state index contributed by atoms with van der Waals surface area (Å²) in [4.78, 5) is 24.1. The first-order valence-corrected chi connectivity index (χ1v) is 13.1. The standard InChI is InChI=1S/C29H43N3O5/c1-19(11-16-35-8)36-21-9-10-23(31-17-21)22-18-30-20(2)24(26(27(33)34)37-28(3,4)5)25(22)32-14-12-29(6,7)13-15-32/h9-10,17-19,26H,11-16H2,1-8H3,(H,33,34)/t19?,26-/m0/s1. The highest BCUT2D eigenvalue weighted by Gasteiger charge is 2.36. The fourth-order valence-electron chi connectivity index (χ4n) is 4.56. The molecule has 1 saturated heterocycles. The van der Waals surface area contributed by atoms with Crippen molar-refractivity contribution in [3.63, 3.8) is 0 Å². The molecule has 2 atom stereocenters. The molecule has 0 aromatic carbocycles. The molecule has 1 unspecified atom stereocenters. The van der Waals surface area contributed by atoms with Gasteiger partial charge in [-0.15, -0.1) is 0 Å². The smallest absolute Gasteiger partial charge is 0.337 e. The molecule has 0 aliphatic carbocycles. The number of hydrogen-bond acceptors (Lipinski definition) is 7. The van der Waals surface area contributed by atoms with Crippen molar-refractivity contribution in [2.24, 2.45) is 5.41 Å². The Labute approximate surface area is 221 Å². The summed E-state index contributed by atoms with van der Waals surface area (Å²) in [5.74, 6) is -0.356. The summed E-state index contributed by atoms with van der Waals surface area (Å²) in [6.07, 6.45) is 5.15. The van der Waals surface area contributed by atoms with Gasteiger partial charge >= 0.3 is 5.97 Å². The fourth-order valence-corrected chi connectivity index (χ4v) is 4.56. The summed E-state index contributed by atoms with van der Waals surface area (Å²) in [6.45, 7) is 16.3. The Kier molecular flexibility index (Phi) is 9.18. The summed E-state index contributed by atoms with van der Waals surface area (Å²) < 4.78 is 17.2. The van der Waals surface area contributed by atoms with E-state index in [0.29, 0.717) is 29.3 Å². The zero-order valence-electron chi connectivity index (χ0n) is 23.6. The van der Waals surface area contributed by atoms with Crippen molar-refractivity contribution in [2.75, 3.05) is 31.7 Å². The Morgan fingerprint density at radius 3 is 2.38 bits per heavy atom. The van der Waals surface area contributed by atoms with E-state index in [9.17, 15) is 9.90 Å². The number of carbonyl (C=O) groups is 1. The topological polar surface area (TPSA) is 94.0 Å². The highest BCUT2D eigenvalue weighted by molar-refractivity contribution is 5.85. The van der Waals surface area contributed by atoms with Crippen LogP contribution < -0.4 is 9.64 Å². The molecule has 8 heteroatoms. The molecule has 1 N–H and O–H groups in total. The number of piperidine rings is 1. The van der Waals surface area contributed by atoms with Crippen LogP contribution in [0.3, 0.4) is 0 Å². The maximum Gasteiger partial charge on any atom is 0.337 e. The van der Waals surface area contributed by atoms with E-state index in [1.165, 1.54) is 0 Å². The quantitative estimate of drug-likeness (QED) is 0.425. The zero-order chi connectivity index (χ0) is 27.4. The van der Waals surface area contributed by atoms with E-state index in [1.807, 2.05) is 46.8 Å². The normalized spacial score (nSPS) is 17.4. The number of hydrogen-bond donors (Lipinski definition) is 1. The largest absolute Gasteiger partial charge is 0.489 e. The van der Waals surface area contributed by atoms with Gasteiger partial charge in [0, 0.05) is 56.2 Å². The maximum atomic E-state index is 12.5. The maximum absolute atomic E-state index is 12.5. The highest BCUT2D eigenvalue weighted by Crippen LogP contribution is 2.43. The van der Waals surface area contributed by atoms with Crippen molar-refractivity contribution in [3.8, 4) is 17.0 Å². The van der Waals surface area contributed by atoms with Gasteiger partial charge in [-0.25, -0.2) is 4.79 Å².